The normalized spacial score (nSPS) is 10.8. The highest BCUT2D eigenvalue weighted by molar-refractivity contribution is 5.97. The number of allylic oxidation sites excluding steroid dienone is 1. The minimum atomic E-state index is -0.759. The van der Waals surface area contributed by atoms with Crippen molar-refractivity contribution in [3.05, 3.63) is 83.9 Å². The first-order valence-corrected chi connectivity index (χ1v) is 8.22. The number of carbonyl (C=O) groups excluding carboxylic acids is 2. The van der Waals surface area contributed by atoms with Crippen LogP contribution in [0.2, 0.25) is 0 Å². The Morgan fingerprint density at radius 2 is 1.77 bits per heavy atom. The van der Waals surface area contributed by atoms with Gasteiger partial charge in [-0.15, -0.1) is 0 Å². The maximum Gasteiger partial charge on any atom is 0.514 e. The molecule has 3 aromatic carbocycles. The summed E-state index contributed by atoms with van der Waals surface area (Å²) in [5.74, 6) is 0.359. The molecule has 0 amide bonds. The minimum Gasteiger partial charge on any atom is -0.429 e. The highest BCUT2D eigenvalue weighted by atomic mass is 16.7. The molecular formula is C22H18O4. The second-order valence-electron chi connectivity index (χ2n) is 5.80. The third-order valence-electron chi connectivity index (χ3n) is 3.79. The van der Waals surface area contributed by atoms with Gasteiger partial charge in [0.2, 0.25) is 0 Å². The van der Waals surface area contributed by atoms with Gasteiger partial charge < -0.3 is 9.47 Å². The van der Waals surface area contributed by atoms with Crippen LogP contribution in [-0.2, 0) is 16.1 Å². The van der Waals surface area contributed by atoms with Crippen molar-refractivity contribution in [1.29, 1.82) is 0 Å². The van der Waals surface area contributed by atoms with E-state index in [0.717, 1.165) is 21.9 Å². The first kappa shape index (κ1) is 17.4. The first-order valence-electron chi connectivity index (χ1n) is 8.22. The molecule has 4 heteroatoms. The number of fused-ring (bicyclic) bond motifs is 1. The highest BCUT2D eigenvalue weighted by Crippen LogP contribution is 2.25. The maximum atomic E-state index is 11.9. The third kappa shape index (κ3) is 4.57. The third-order valence-corrected chi connectivity index (χ3v) is 3.79. The van der Waals surface area contributed by atoms with E-state index < -0.39 is 6.16 Å². The van der Waals surface area contributed by atoms with Crippen molar-refractivity contribution < 1.29 is 19.1 Å². The Morgan fingerprint density at radius 1 is 0.962 bits per heavy atom. The maximum absolute atomic E-state index is 11.9. The van der Waals surface area contributed by atoms with Crippen molar-refractivity contribution in [3.63, 3.8) is 0 Å². The van der Waals surface area contributed by atoms with Crippen LogP contribution < -0.4 is 4.74 Å². The summed E-state index contributed by atoms with van der Waals surface area (Å²) >= 11 is 0. The van der Waals surface area contributed by atoms with E-state index in [1.54, 1.807) is 18.2 Å². The van der Waals surface area contributed by atoms with E-state index in [4.69, 9.17) is 9.47 Å². The molecule has 0 aliphatic rings. The fourth-order valence-electron chi connectivity index (χ4n) is 2.53. The van der Waals surface area contributed by atoms with Crippen LogP contribution in [0.4, 0.5) is 4.79 Å². The van der Waals surface area contributed by atoms with Crippen LogP contribution in [0, 0.1) is 0 Å². The quantitative estimate of drug-likeness (QED) is 0.364. The lowest BCUT2D eigenvalue weighted by atomic mass is 10.0. The molecule has 0 saturated carbocycles. The molecule has 0 unspecified atom stereocenters. The molecule has 0 saturated heterocycles. The van der Waals surface area contributed by atoms with E-state index in [-0.39, 0.29) is 12.4 Å². The molecule has 0 bridgehead atoms. The summed E-state index contributed by atoms with van der Waals surface area (Å²) in [4.78, 5) is 23.1. The summed E-state index contributed by atoms with van der Waals surface area (Å²) in [6.07, 6.45) is 2.50. The van der Waals surface area contributed by atoms with E-state index in [1.807, 2.05) is 54.6 Å². The largest absolute Gasteiger partial charge is 0.514 e. The number of rotatable bonds is 5. The molecule has 0 fully saturated rings. The zero-order valence-electron chi connectivity index (χ0n) is 14.3. The number of benzene rings is 3. The van der Waals surface area contributed by atoms with Crippen LogP contribution in [0.25, 0.3) is 16.8 Å². The molecule has 3 aromatic rings. The van der Waals surface area contributed by atoms with Crippen LogP contribution in [0.15, 0.2) is 72.8 Å². The number of hydrogen-bond donors (Lipinski definition) is 0. The number of hydrogen-bond acceptors (Lipinski definition) is 4. The van der Waals surface area contributed by atoms with Gasteiger partial charge in [-0.05, 0) is 47.0 Å². The van der Waals surface area contributed by atoms with Crippen molar-refractivity contribution >= 4 is 28.8 Å². The molecule has 0 spiro atoms. The van der Waals surface area contributed by atoms with Crippen molar-refractivity contribution in [2.75, 3.05) is 0 Å². The summed E-state index contributed by atoms with van der Waals surface area (Å²) in [6, 6.07) is 20.5. The zero-order valence-corrected chi connectivity index (χ0v) is 14.3. The Hall–Kier alpha value is -3.40. The van der Waals surface area contributed by atoms with Crippen molar-refractivity contribution in [2.45, 2.75) is 13.5 Å². The number of carbonyl (C=O) groups is 2. The number of ketones is 1. The van der Waals surface area contributed by atoms with Crippen molar-refractivity contribution in [1.82, 2.24) is 0 Å². The molecular weight excluding hydrogens is 328 g/mol. The standard InChI is InChI=1S/C22H18O4/c1-16(23)10-11-18-8-5-9-19-12-13-20(14-21(18)19)26-22(24)25-15-17-6-3-2-4-7-17/h2-14H,15H2,1H3/b11-10+. The average molecular weight is 346 g/mol. The second-order valence-corrected chi connectivity index (χ2v) is 5.80. The molecule has 0 aromatic heterocycles. The predicted octanol–water partition coefficient (Wildman–Crippen LogP) is 5.16. The molecule has 0 heterocycles. The zero-order chi connectivity index (χ0) is 18.4. The molecule has 130 valence electrons. The minimum absolute atomic E-state index is 0.0288. The Balaban J connectivity index is 1.74. The van der Waals surface area contributed by atoms with Gasteiger partial charge in [0.05, 0.1) is 0 Å². The summed E-state index contributed by atoms with van der Waals surface area (Å²) in [6.45, 7) is 1.65. The van der Waals surface area contributed by atoms with Gasteiger partial charge in [0, 0.05) is 0 Å². The molecule has 0 atom stereocenters. The molecule has 4 nitrogen and oxygen atoms in total. The van der Waals surface area contributed by atoms with Gasteiger partial charge in [0.15, 0.2) is 5.78 Å². The van der Waals surface area contributed by atoms with E-state index in [9.17, 15) is 9.59 Å². The summed E-state index contributed by atoms with van der Waals surface area (Å²) < 4.78 is 10.4. The summed E-state index contributed by atoms with van der Waals surface area (Å²) in [5, 5.41) is 1.87. The lowest BCUT2D eigenvalue weighted by Gasteiger charge is -2.08. The predicted molar refractivity (Wildman–Crippen MR) is 101 cm³/mol. The van der Waals surface area contributed by atoms with Gasteiger partial charge in [-0.1, -0.05) is 60.7 Å². The molecule has 0 N–H and O–H groups in total. The van der Waals surface area contributed by atoms with Crippen molar-refractivity contribution in [2.24, 2.45) is 0 Å². The Morgan fingerprint density at radius 3 is 2.54 bits per heavy atom. The highest BCUT2D eigenvalue weighted by Gasteiger charge is 2.08. The SMILES string of the molecule is CC(=O)/C=C/c1cccc2ccc(OC(=O)OCc3ccccc3)cc12. The fourth-order valence-corrected chi connectivity index (χ4v) is 2.53. The smallest absolute Gasteiger partial charge is 0.429 e. The first-order chi connectivity index (χ1) is 12.6. The van der Waals surface area contributed by atoms with E-state index >= 15 is 0 Å². The number of ether oxygens (including phenoxy) is 2. The molecule has 3 rings (SSSR count). The molecule has 0 radical (unpaired) electrons. The van der Waals surface area contributed by atoms with Gasteiger partial charge in [0.25, 0.3) is 0 Å². The lowest BCUT2D eigenvalue weighted by molar-refractivity contribution is -0.112. The fraction of sp³-hybridized carbons (Fsp3) is 0.0909. The van der Waals surface area contributed by atoms with Gasteiger partial charge in [0.1, 0.15) is 12.4 Å². The monoisotopic (exact) mass is 346 g/mol. The van der Waals surface area contributed by atoms with Crippen LogP contribution in [-0.4, -0.2) is 11.9 Å². The van der Waals surface area contributed by atoms with Crippen LogP contribution >= 0.6 is 0 Å². The van der Waals surface area contributed by atoms with E-state index in [1.165, 1.54) is 13.0 Å². The van der Waals surface area contributed by atoms with Crippen LogP contribution in [0.1, 0.15) is 18.1 Å². The van der Waals surface area contributed by atoms with E-state index in [0.29, 0.717) is 5.75 Å². The van der Waals surface area contributed by atoms with Crippen molar-refractivity contribution in [3.8, 4) is 5.75 Å². The van der Waals surface area contributed by atoms with Crippen LogP contribution in [0.3, 0.4) is 0 Å². The van der Waals surface area contributed by atoms with Gasteiger partial charge in [-0.25, -0.2) is 4.79 Å². The van der Waals surface area contributed by atoms with Gasteiger partial charge in [-0.2, -0.15) is 0 Å². The Bertz CT molecular complexity index is 958. The molecule has 0 aliphatic heterocycles. The summed E-state index contributed by atoms with van der Waals surface area (Å²) in [7, 11) is 0. The molecule has 26 heavy (non-hydrogen) atoms. The summed E-state index contributed by atoms with van der Waals surface area (Å²) in [5.41, 5.74) is 1.76. The second kappa shape index (κ2) is 8.12. The van der Waals surface area contributed by atoms with E-state index in [2.05, 4.69) is 0 Å². The lowest BCUT2D eigenvalue weighted by Crippen LogP contribution is -2.10. The molecule has 0 aliphatic carbocycles. The Kier molecular flexibility index (Phi) is 5.44. The Labute approximate surface area is 151 Å². The van der Waals surface area contributed by atoms with Gasteiger partial charge >= 0.3 is 6.16 Å². The topological polar surface area (TPSA) is 52.6 Å². The van der Waals surface area contributed by atoms with Crippen LogP contribution in [0.5, 0.6) is 5.75 Å². The average Bonchev–Trinajstić information content (AvgIpc) is 2.65. The van der Waals surface area contributed by atoms with Gasteiger partial charge in [-0.3, -0.25) is 4.79 Å².